The van der Waals surface area contributed by atoms with Gasteiger partial charge in [0.1, 0.15) is 0 Å². The first-order valence-corrected chi connectivity index (χ1v) is 9.89. The molecule has 0 N–H and O–H groups in total. The van der Waals surface area contributed by atoms with E-state index in [0.717, 1.165) is 82.1 Å². The number of carbonyl (C=O) groups excluding carboxylic acids is 1. The molecule has 4 heterocycles. The number of likely N-dealkylation sites (tertiary alicyclic amines) is 1. The lowest BCUT2D eigenvalue weighted by molar-refractivity contribution is 0.0686. The van der Waals surface area contributed by atoms with E-state index in [1.165, 1.54) is 0 Å². The number of rotatable bonds is 5. The molecular formula is C20H26N4O3. The van der Waals surface area contributed by atoms with Gasteiger partial charge in [-0.3, -0.25) is 9.78 Å². The molecule has 2 aliphatic rings. The molecule has 0 saturated carbocycles. The monoisotopic (exact) mass is 370 g/mol. The van der Waals surface area contributed by atoms with Gasteiger partial charge in [0.05, 0.1) is 0 Å². The molecule has 4 rings (SSSR count). The molecule has 0 spiro atoms. The summed E-state index contributed by atoms with van der Waals surface area (Å²) in [5.41, 5.74) is 0.718. The van der Waals surface area contributed by atoms with E-state index in [0.29, 0.717) is 11.8 Å². The van der Waals surface area contributed by atoms with Gasteiger partial charge in [-0.15, -0.1) is 0 Å². The van der Waals surface area contributed by atoms with Crippen LogP contribution >= 0.6 is 0 Å². The maximum Gasteiger partial charge on any atom is 0.253 e. The van der Waals surface area contributed by atoms with E-state index in [1.807, 2.05) is 4.90 Å². The van der Waals surface area contributed by atoms with Crippen LogP contribution in [-0.2, 0) is 11.2 Å². The molecule has 144 valence electrons. The zero-order valence-corrected chi connectivity index (χ0v) is 15.5. The highest BCUT2D eigenvalue weighted by Gasteiger charge is 2.25. The van der Waals surface area contributed by atoms with Crippen molar-refractivity contribution in [3.05, 3.63) is 41.8 Å². The van der Waals surface area contributed by atoms with Gasteiger partial charge in [0.15, 0.2) is 5.82 Å². The fourth-order valence-electron chi connectivity index (χ4n) is 3.91. The lowest BCUT2D eigenvalue weighted by Crippen LogP contribution is -2.38. The predicted molar refractivity (Wildman–Crippen MR) is 98.3 cm³/mol. The minimum atomic E-state index is 0.107. The van der Waals surface area contributed by atoms with Crippen LogP contribution in [0.25, 0.3) is 0 Å². The fourth-order valence-corrected chi connectivity index (χ4v) is 3.91. The van der Waals surface area contributed by atoms with Crippen LogP contribution in [0.2, 0.25) is 0 Å². The van der Waals surface area contributed by atoms with Crippen LogP contribution in [0.1, 0.15) is 60.1 Å². The molecule has 0 aliphatic carbocycles. The van der Waals surface area contributed by atoms with Crippen LogP contribution in [-0.4, -0.2) is 52.2 Å². The summed E-state index contributed by atoms with van der Waals surface area (Å²) in [6.07, 6.45) is 9.21. The van der Waals surface area contributed by atoms with Gasteiger partial charge in [0.25, 0.3) is 5.91 Å². The number of piperidine rings is 1. The second kappa shape index (κ2) is 8.61. The molecule has 2 aliphatic heterocycles. The first-order valence-electron chi connectivity index (χ1n) is 9.89. The van der Waals surface area contributed by atoms with Crippen LogP contribution < -0.4 is 0 Å². The van der Waals surface area contributed by atoms with Crippen molar-refractivity contribution in [1.82, 2.24) is 20.0 Å². The Labute approximate surface area is 159 Å². The van der Waals surface area contributed by atoms with Gasteiger partial charge in [-0.25, -0.2) is 0 Å². The molecule has 0 radical (unpaired) electrons. The average Bonchev–Trinajstić information content (AvgIpc) is 3.22. The van der Waals surface area contributed by atoms with E-state index < -0.39 is 0 Å². The molecule has 0 atom stereocenters. The standard InChI is InChI=1S/C20H26N4O3/c25-20(17-3-9-21-10-4-17)24-11-5-15(6-12-24)1-2-18-22-19(27-23-18)16-7-13-26-14-8-16/h3-4,9-10,15-16H,1-2,5-8,11-14H2. The summed E-state index contributed by atoms with van der Waals surface area (Å²) in [7, 11) is 0. The first-order chi connectivity index (χ1) is 13.3. The molecule has 7 nitrogen and oxygen atoms in total. The van der Waals surface area contributed by atoms with Crippen molar-refractivity contribution < 1.29 is 14.1 Å². The van der Waals surface area contributed by atoms with E-state index in [1.54, 1.807) is 24.5 Å². The largest absolute Gasteiger partial charge is 0.381 e. The Balaban J connectivity index is 1.23. The molecule has 2 aromatic heterocycles. The number of carbonyl (C=O) groups is 1. The third kappa shape index (κ3) is 4.53. The molecule has 0 unspecified atom stereocenters. The Bertz CT molecular complexity index is 735. The molecule has 1 amide bonds. The molecule has 2 aromatic rings. The second-order valence-corrected chi connectivity index (χ2v) is 7.45. The number of ether oxygens (including phenoxy) is 1. The van der Waals surface area contributed by atoms with Gasteiger partial charge in [-0.05, 0) is 50.2 Å². The fraction of sp³-hybridized carbons (Fsp3) is 0.600. The van der Waals surface area contributed by atoms with Gasteiger partial charge in [-0.1, -0.05) is 5.16 Å². The van der Waals surface area contributed by atoms with Crippen LogP contribution in [0.3, 0.4) is 0 Å². The van der Waals surface area contributed by atoms with Crippen molar-refractivity contribution in [2.45, 2.75) is 44.4 Å². The zero-order chi connectivity index (χ0) is 18.5. The average molecular weight is 370 g/mol. The Morgan fingerprint density at radius 2 is 1.85 bits per heavy atom. The summed E-state index contributed by atoms with van der Waals surface area (Å²) in [5.74, 6) is 2.65. The number of pyridine rings is 1. The minimum Gasteiger partial charge on any atom is -0.381 e. The Morgan fingerprint density at radius 3 is 2.59 bits per heavy atom. The van der Waals surface area contributed by atoms with Crippen molar-refractivity contribution in [3.8, 4) is 0 Å². The van der Waals surface area contributed by atoms with Gasteiger partial charge in [0, 0.05) is 56.6 Å². The maximum atomic E-state index is 12.5. The van der Waals surface area contributed by atoms with Crippen LogP contribution in [0.5, 0.6) is 0 Å². The molecule has 27 heavy (non-hydrogen) atoms. The van der Waals surface area contributed by atoms with E-state index in [9.17, 15) is 4.79 Å². The topological polar surface area (TPSA) is 81.4 Å². The van der Waals surface area contributed by atoms with Crippen molar-refractivity contribution in [2.75, 3.05) is 26.3 Å². The maximum absolute atomic E-state index is 12.5. The lowest BCUT2D eigenvalue weighted by atomic mass is 9.92. The Morgan fingerprint density at radius 1 is 1.11 bits per heavy atom. The SMILES string of the molecule is O=C(c1ccncc1)N1CCC(CCc2noc(C3CCOCC3)n2)CC1. The molecule has 0 aromatic carbocycles. The van der Waals surface area contributed by atoms with E-state index in [-0.39, 0.29) is 5.91 Å². The second-order valence-electron chi connectivity index (χ2n) is 7.45. The van der Waals surface area contributed by atoms with Crippen molar-refractivity contribution in [3.63, 3.8) is 0 Å². The summed E-state index contributed by atoms with van der Waals surface area (Å²) in [6.45, 7) is 3.18. The highest BCUT2D eigenvalue weighted by Crippen LogP contribution is 2.26. The molecule has 7 heteroatoms. The predicted octanol–water partition coefficient (Wildman–Crippen LogP) is 2.84. The van der Waals surface area contributed by atoms with E-state index in [4.69, 9.17) is 9.26 Å². The number of aromatic nitrogens is 3. The molecule has 2 saturated heterocycles. The number of aryl methyl sites for hydroxylation is 1. The van der Waals surface area contributed by atoms with Crippen LogP contribution in [0.15, 0.2) is 29.0 Å². The summed E-state index contributed by atoms with van der Waals surface area (Å²) in [6, 6.07) is 3.56. The molecule has 0 bridgehead atoms. The smallest absolute Gasteiger partial charge is 0.253 e. The van der Waals surface area contributed by atoms with E-state index >= 15 is 0 Å². The van der Waals surface area contributed by atoms with E-state index in [2.05, 4.69) is 15.1 Å². The van der Waals surface area contributed by atoms with Crippen molar-refractivity contribution in [1.29, 1.82) is 0 Å². The Kier molecular flexibility index (Phi) is 5.77. The van der Waals surface area contributed by atoms with Crippen molar-refractivity contribution in [2.24, 2.45) is 5.92 Å². The number of amides is 1. The summed E-state index contributed by atoms with van der Waals surface area (Å²) >= 11 is 0. The number of hydrogen-bond acceptors (Lipinski definition) is 6. The Hall–Kier alpha value is -2.28. The van der Waals surface area contributed by atoms with Gasteiger partial charge in [0.2, 0.25) is 5.89 Å². The number of nitrogens with zero attached hydrogens (tertiary/aromatic N) is 4. The van der Waals surface area contributed by atoms with Gasteiger partial charge >= 0.3 is 0 Å². The highest BCUT2D eigenvalue weighted by atomic mass is 16.5. The molecular weight excluding hydrogens is 344 g/mol. The van der Waals surface area contributed by atoms with Gasteiger partial charge < -0.3 is 14.2 Å². The lowest BCUT2D eigenvalue weighted by Gasteiger charge is -2.32. The van der Waals surface area contributed by atoms with Crippen LogP contribution in [0.4, 0.5) is 0 Å². The summed E-state index contributed by atoms with van der Waals surface area (Å²) in [4.78, 5) is 23.0. The number of hydrogen-bond donors (Lipinski definition) is 0. The van der Waals surface area contributed by atoms with Gasteiger partial charge in [-0.2, -0.15) is 4.98 Å². The third-order valence-electron chi connectivity index (χ3n) is 5.66. The minimum absolute atomic E-state index is 0.107. The quantitative estimate of drug-likeness (QED) is 0.805. The third-order valence-corrected chi connectivity index (χ3v) is 5.66. The zero-order valence-electron chi connectivity index (χ0n) is 15.5. The van der Waals surface area contributed by atoms with Crippen LogP contribution in [0, 0.1) is 5.92 Å². The highest BCUT2D eigenvalue weighted by molar-refractivity contribution is 5.94. The first kappa shape index (κ1) is 18.1. The summed E-state index contributed by atoms with van der Waals surface area (Å²) < 4.78 is 10.9. The summed E-state index contributed by atoms with van der Waals surface area (Å²) in [5, 5.41) is 4.16. The molecule has 2 fully saturated rings. The normalized spacial score (nSPS) is 19.3. The van der Waals surface area contributed by atoms with Crippen molar-refractivity contribution >= 4 is 5.91 Å².